The van der Waals surface area contributed by atoms with Crippen LogP contribution in [-0.4, -0.2) is 33.5 Å². The molecule has 4 fully saturated rings. The second-order valence-electron chi connectivity index (χ2n) is 9.68. The van der Waals surface area contributed by atoms with Gasteiger partial charge < -0.3 is 15.3 Å². The first-order valence-corrected chi connectivity index (χ1v) is 10.9. The molecule has 0 bridgehead atoms. The lowest BCUT2D eigenvalue weighted by Gasteiger charge is -2.57. The number of aliphatic carboxylic acids is 1. The summed E-state index contributed by atoms with van der Waals surface area (Å²) in [6.45, 7) is 2.27. The van der Waals surface area contributed by atoms with Crippen molar-refractivity contribution in [2.75, 3.05) is 0 Å². The molecule has 0 spiro atoms. The van der Waals surface area contributed by atoms with Gasteiger partial charge in [0.2, 0.25) is 0 Å². The summed E-state index contributed by atoms with van der Waals surface area (Å²) in [5.74, 6) is 2.24. The molecule has 4 saturated carbocycles. The first-order valence-electron chi connectivity index (χ1n) is 10.9. The number of carbonyl (C=O) groups is 1. The lowest BCUT2D eigenvalue weighted by Crippen LogP contribution is -2.51. The molecule has 4 aliphatic rings. The predicted octanol–water partition coefficient (Wildman–Crippen LogP) is 3.93. The number of rotatable bonds is 7. The Morgan fingerprint density at radius 2 is 2.04 bits per heavy atom. The molecular formula is C23H34O4. The SMILES string of the molecule is C[C@@]12CC[C@H](O)[C@@H](/C=C/C(O)CC3C4CCCC43)[C@@H]1CC2=CCCC(=O)O. The first-order chi connectivity index (χ1) is 12.9. The molecule has 0 aromatic carbocycles. The van der Waals surface area contributed by atoms with Crippen molar-refractivity contribution in [3.8, 4) is 0 Å². The number of aliphatic hydroxyl groups is 2. The van der Waals surface area contributed by atoms with Gasteiger partial charge in [-0.25, -0.2) is 0 Å². The van der Waals surface area contributed by atoms with Gasteiger partial charge in [0, 0.05) is 12.3 Å². The minimum Gasteiger partial charge on any atom is -0.481 e. The Labute approximate surface area is 162 Å². The number of aliphatic hydroxyl groups excluding tert-OH is 2. The van der Waals surface area contributed by atoms with Gasteiger partial charge in [0.25, 0.3) is 0 Å². The van der Waals surface area contributed by atoms with Crippen LogP contribution in [0.3, 0.4) is 0 Å². The van der Waals surface area contributed by atoms with Crippen molar-refractivity contribution in [3.63, 3.8) is 0 Å². The van der Waals surface area contributed by atoms with Gasteiger partial charge in [-0.3, -0.25) is 4.79 Å². The Morgan fingerprint density at radius 3 is 2.74 bits per heavy atom. The molecule has 3 N–H and O–H groups in total. The third kappa shape index (κ3) is 3.63. The highest BCUT2D eigenvalue weighted by molar-refractivity contribution is 5.66. The second-order valence-corrected chi connectivity index (χ2v) is 9.68. The van der Waals surface area contributed by atoms with Crippen LogP contribution in [0.4, 0.5) is 0 Å². The highest BCUT2D eigenvalue weighted by Gasteiger charge is 2.54. The van der Waals surface area contributed by atoms with Crippen LogP contribution in [0.1, 0.15) is 64.7 Å². The summed E-state index contributed by atoms with van der Waals surface area (Å²) in [6, 6.07) is 0. The lowest BCUT2D eigenvalue weighted by molar-refractivity contribution is -0.136. The van der Waals surface area contributed by atoms with E-state index < -0.39 is 5.97 Å². The first kappa shape index (κ1) is 19.2. The maximum Gasteiger partial charge on any atom is 0.303 e. The number of hydrogen-bond acceptors (Lipinski definition) is 3. The van der Waals surface area contributed by atoms with E-state index in [-0.39, 0.29) is 30.0 Å². The van der Waals surface area contributed by atoms with E-state index in [1.54, 1.807) is 0 Å². The quantitative estimate of drug-likeness (QED) is 0.590. The summed E-state index contributed by atoms with van der Waals surface area (Å²) >= 11 is 0. The lowest BCUT2D eigenvalue weighted by atomic mass is 9.48. The molecule has 0 amide bonds. The number of fused-ring (bicyclic) bond motifs is 2. The summed E-state index contributed by atoms with van der Waals surface area (Å²) in [7, 11) is 0. The van der Waals surface area contributed by atoms with Gasteiger partial charge in [-0.05, 0) is 74.0 Å². The molecule has 150 valence electrons. The molecule has 4 rings (SSSR count). The van der Waals surface area contributed by atoms with Crippen LogP contribution in [0.15, 0.2) is 23.8 Å². The predicted molar refractivity (Wildman–Crippen MR) is 104 cm³/mol. The second kappa shape index (κ2) is 7.36. The molecule has 0 saturated heterocycles. The van der Waals surface area contributed by atoms with Gasteiger partial charge in [0.05, 0.1) is 12.2 Å². The van der Waals surface area contributed by atoms with Crippen LogP contribution in [0.2, 0.25) is 0 Å². The highest BCUT2D eigenvalue weighted by atomic mass is 16.4. The van der Waals surface area contributed by atoms with Crippen LogP contribution in [0.25, 0.3) is 0 Å². The van der Waals surface area contributed by atoms with Crippen LogP contribution in [0, 0.1) is 35.0 Å². The largest absolute Gasteiger partial charge is 0.481 e. The summed E-state index contributed by atoms with van der Waals surface area (Å²) in [6.07, 6.45) is 13.9. The molecule has 27 heavy (non-hydrogen) atoms. The molecule has 0 aromatic heterocycles. The van der Waals surface area contributed by atoms with E-state index in [0.717, 1.165) is 43.4 Å². The summed E-state index contributed by atoms with van der Waals surface area (Å²) in [5.41, 5.74) is 1.45. The van der Waals surface area contributed by atoms with Crippen molar-refractivity contribution in [2.24, 2.45) is 35.0 Å². The maximum absolute atomic E-state index is 10.7. The van der Waals surface area contributed by atoms with Crippen LogP contribution < -0.4 is 0 Å². The third-order valence-electron chi connectivity index (χ3n) is 8.26. The van der Waals surface area contributed by atoms with Gasteiger partial charge in [0.1, 0.15) is 0 Å². The van der Waals surface area contributed by atoms with Crippen molar-refractivity contribution in [2.45, 2.75) is 76.9 Å². The number of allylic oxidation sites excluding steroid dienone is 2. The smallest absolute Gasteiger partial charge is 0.303 e. The van der Waals surface area contributed by atoms with Crippen LogP contribution in [0.5, 0.6) is 0 Å². The Hall–Kier alpha value is -1.13. The van der Waals surface area contributed by atoms with Gasteiger partial charge in [-0.2, -0.15) is 0 Å². The van der Waals surface area contributed by atoms with E-state index in [4.69, 9.17) is 5.11 Å². The summed E-state index contributed by atoms with van der Waals surface area (Å²) in [5, 5.41) is 29.8. The van der Waals surface area contributed by atoms with Crippen molar-refractivity contribution in [3.05, 3.63) is 23.8 Å². The zero-order valence-electron chi connectivity index (χ0n) is 16.4. The fourth-order valence-corrected chi connectivity index (χ4v) is 6.50. The molecule has 4 nitrogen and oxygen atoms in total. The normalized spacial score (nSPS) is 45.4. The zero-order valence-corrected chi connectivity index (χ0v) is 16.4. The van der Waals surface area contributed by atoms with Crippen LogP contribution >= 0.6 is 0 Å². The topological polar surface area (TPSA) is 77.8 Å². The Kier molecular flexibility index (Phi) is 5.24. The molecule has 4 aliphatic carbocycles. The van der Waals surface area contributed by atoms with E-state index in [1.165, 1.54) is 24.8 Å². The van der Waals surface area contributed by atoms with E-state index in [2.05, 4.69) is 19.1 Å². The van der Waals surface area contributed by atoms with Crippen molar-refractivity contribution >= 4 is 5.97 Å². The molecule has 0 heterocycles. The van der Waals surface area contributed by atoms with E-state index in [9.17, 15) is 15.0 Å². The molecule has 4 heteroatoms. The molecule has 3 unspecified atom stereocenters. The molecule has 7 atom stereocenters. The number of carboxylic acids is 1. The van der Waals surface area contributed by atoms with E-state index >= 15 is 0 Å². The van der Waals surface area contributed by atoms with Crippen molar-refractivity contribution < 1.29 is 20.1 Å². The summed E-state index contributed by atoms with van der Waals surface area (Å²) in [4.78, 5) is 10.7. The fraction of sp³-hybridized carbons (Fsp3) is 0.783. The minimum absolute atomic E-state index is 0.0885. The average Bonchev–Trinajstić information content (AvgIpc) is 3.03. The number of carboxylic acid groups (broad SMARTS) is 1. The third-order valence-corrected chi connectivity index (χ3v) is 8.26. The van der Waals surface area contributed by atoms with Gasteiger partial charge in [0.15, 0.2) is 0 Å². The zero-order chi connectivity index (χ0) is 19.2. The van der Waals surface area contributed by atoms with E-state index in [1.807, 2.05) is 6.08 Å². The summed E-state index contributed by atoms with van der Waals surface area (Å²) < 4.78 is 0. The molecule has 0 aliphatic heterocycles. The number of hydrogen-bond donors (Lipinski definition) is 3. The molecule has 0 aromatic rings. The Bertz CT molecular complexity index is 628. The monoisotopic (exact) mass is 374 g/mol. The fourth-order valence-electron chi connectivity index (χ4n) is 6.50. The van der Waals surface area contributed by atoms with Gasteiger partial charge in [-0.15, -0.1) is 0 Å². The van der Waals surface area contributed by atoms with Crippen molar-refractivity contribution in [1.82, 2.24) is 0 Å². The maximum atomic E-state index is 10.7. The average molecular weight is 375 g/mol. The Morgan fingerprint density at radius 1 is 1.30 bits per heavy atom. The standard InChI is InChI=1S/C23H34O4/c1-23-11-10-21(25)18(20(23)12-14(23)4-2-7-22(26)27)9-8-15(24)13-19-16-5-3-6-17(16)19/h4,8-9,15-21,24-25H,2-3,5-7,10-13H2,1H3,(H,26,27)/b9-8+,14-4?/t15?,16?,17?,18-,19?,20-,21-,23-/m0/s1. The van der Waals surface area contributed by atoms with Crippen LogP contribution in [-0.2, 0) is 4.79 Å². The molecular weight excluding hydrogens is 340 g/mol. The van der Waals surface area contributed by atoms with E-state index in [0.29, 0.717) is 12.3 Å². The van der Waals surface area contributed by atoms with Gasteiger partial charge in [-0.1, -0.05) is 37.1 Å². The van der Waals surface area contributed by atoms with Crippen molar-refractivity contribution in [1.29, 1.82) is 0 Å². The Balaban J connectivity index is 1.34. The van der Waals surface area contributed by atoms with Gasteiger partial charge >= 0.3 is 5.97 Å². The molecule has 0 radical (unpaired) electrons. The minimum atomic E-state index is -0.749. The highest BCUT2D eigenvalue weighted by Crippen LogP contribution is 2.62.